The van der Waals surface area contributed by atoms with Crippen LogP contribution in [-0.2, 0) is 9.53 Å². The molecule has 0 saturated heterocycles. The zero-order valence-corrected chi connectivity index (χ0v) is 14.9. The Morgan fingerprint density at radius 1 is 1.27 bits per heavy atom. The van der Waals surface area contributed by atoms with Crippen LogP contribution in [0.3, 0.4) is 0 Å². The van der Waals surface area contributed by atoms with Gasteiger partial charge in [0.05, 0.1) is 36.7 Å². The Balaban J connectivity index is 2.00. The van der Waals surface area contributed by atoms with E-state index in [9.17, 15) is 14.9 Å². The number of benzene rings is 1. The van der Waals surface area contributed by atoms with Crippen molar-refractivity contribution in [2.75, 3.05) is 20.3 Å². The lowest BCUT2D eigenvalue weighted by atomic mass is 10.1. The topological polar surface area (TPSA) is 101 Å². The quantitative estimate of drug-likeness (QED) is 0.275. The van der Waals surface area contributed by atoms with Crippen molar-refractivity contribution < 1.29 is 23.9 Å². The van der Waals surface area contributed by atoms with E-state index in [-0.39, 0.29) is 17.2 Å². The van der Waals surface area contributed by atoms with Gasteiger partial charge in [-0.15, -0.1) is 0 Å². The molecule has 0 unspecified atom stereocenters. The summed E-state index contributed by atoms with van der Waals surface area (Å²) in [5.74, 6) is 0.701. The lowest BCUT2D eigenvalue weighted by Gasteiger charge is -2.10. The molecule has 0 aliphatic heterocycles. The molecule has 0 spiro atoms. The highest BCUT2D eigenvalue weighted by atomic mass is 16.6. The summed E-state index contributed by atoms with van der Waals surface area (Å²) in [6, 6.07) is 4.68. The smallest absolute Gasteiger partial charge is 0.305 e. The van der Waals surface area contributed by atoms with E-state index in [1.165, 1.54) is 19.4 Å². The van der Waals surface area contributed by atoms with Gasteiger partial charge in [0.2, 0.25) is 0 Å². The molecule has 1 aromatic carbocycles. The zero-order chi connectivity index (χ0) is 18.9. The van der Waals surface area contributed by atoms with E-state index in [1.54, 1.807) is 19.1 Å². The number of carbonyl (C=O) groups excluding carboxylic acids is 1. The van der Waals surface area contributed by atoms with Crippen molar-refractivity contribution in [3.63, 3.8) is 0 Å². The van der Waals surface area contributed by atoms with Gasteiger partial charge in [0, 0.05) is 12.6 Å². The molecule has 8 nitrogen and oxygen atoms in total. The fourth-order valence-corrected chi connectivity index (χ4v) is 2.53. The monoisotopic (exact) mass is 362 g/mol. The van der Waals surface area contributed by atoms with Crippen LogP contribution in [0.25, 0.3) is 10.9 Å². The number of nitrogens with zero attached hydrogens (tertiary/aromatic N) is 2. The molecule has 0 saturated carbocycles. The summed E-state index contributed by atoms with van der Waals surface area (Å²) in [6.45, 7) is 2.61. The number of fused-ring (bicyclic) bond motifs is 1. The molecule has 0 radical (unpaired) electrons. The van der Waals surface area contributed by atoms with Gasteiger partial charge in [-0.3, -0.25) is 14.9 Å². The largest absolute Gasteiger partial charge is 0.496 e. The molecular formula is C18H22N2O6. The predicted molar refractivity (Wildman–Crippen MR) is 95.5 cm³/mol. The van der Waals surface area contributed by atoms with Crippen LogP contribution in [0.4, 0.5) is 5.69 Å². The number of esters is 1. The van der Waals surface area contributed by atoms with E-state index in [1.807, 2.05) is 0 Å². The predicted octanol–water partition coefficient (Wildman–Crippen LogP) is 3.65. The number of rotatable bonds is 10. The first-order valence-corrected chi connectivity index (χ1v) is 8.46. The lowest BCUT2D eigenvalue weighted by molar-refractivity contribution is -0.383. The van der Waals surface area contributed by atoms with Crippen LogP contribution in [0.1, 0.15) is 32.6 Å². The standard InChI is InChI=1S/C18H22N2O6/c1-3-25-17(21)7-5-4-6-10-26-16-8-9-19-18-14(16)11-13(24-2)12-15(18)20(22)23/h8-9,11-12H,3-7,10H2,1-2H3. The van der Waals surface area contributed by atoms with Crippen LogP contribution in [0.5, 0.6) is 11.5 Å². The molecule has 1 aromatic heterocycles. The molecule has 0 aliphatic carbocycles. The molecule has 0 amide bonds. The number of hydrogen-bond acceptors (Lipinski definition) is 7. The van der Waals surface area contributed by atoms with Crippen molar-refractivity contribution in [2.24, 2.45) is 0 Å². The first kappa shape index (κ1) is 19.4. The molecule has 1 heterocycles. The van der Waals surface area contributed by atoms with Crippen molar-refractivity contribution in [3.8, 4) is 11.5 Å². The van der Waals surface area contributed by atoms with E-state index in [2.05, 4.69) is 4.98 Å². The Bertz CT molecular complexity index is 778. The van der Waals surface area contributed by atoms with Gasteiger partial charge >= 0.3 is 5.97 Å². The van der Waals surface area contributed by atoms with Crippen molar-refractivity contribution >= 4 is 22.6 Å². The van der Waals surface area contributed by atoms with Gasteiger partial charge in [-0.1, -0.05) is 0 Å². The molecule has 2 aromatic rings. The van der Waals surface area contributed by atoms with E-state index < -0.39 is 4.92 Å². The van der Waals surface area contributed by atoms with Gasteiger partial charge in [0.25, 0.3) is 5.69 Å². The van der Waals surface area contributed by atoms with E-state index in [0.29, 0.717) is 36.5 Å². The molecule has 0 fully saturated rings. The molecule has 140 valence electrons. The summed E-state index contributed by atoms with van der Waals surface area (Å²) in [5.41, 5.74) is 0.134. The van der Waals surface area contributed by atoms with Crippen molar-refractivity contribution in [1.82, 2.24) is 4.98 Å². The normalized spacial score (nSPS) is 10.5. The highest BCUT2D eigenvalue weighted by Gasteiger charge is 2.18. The highest BCUT2D eigenvalue weighted by molar-refractivity contribution is 5.93. The third kappa shape index (κ3) is 5.05. The van der Waals surface area contributed by atoms with Gasteiger partial charge in [0.1, 0.15) is 11.5 Å². The van der Waals surface area contributed by atoms with Crippen LogP contribution in [-0.4, -0.2) is 36.2 Å². The van der Waals surface area contributed by atoms with Gasteiger partial charge < -0.3 is 14.2 Å². The number of ether oxygens (including phenoxy) is 3. The van der Waals surface area contributed by atoms with Crippen molar-refractivity contribution in [1.29, 1.82) is 0 Å². The number of carbonyl (C=O) groups is 1. The average Bonchev–Trinajstić information content (AvgIpc) is 2.63. The number of aromatic nitrogens is 1. The SMILES string of the molecule is CCOC(=O)CCCCCOc1ccnc2c([N+](=O)[O-])cc(OC)cc12. The van der Waals surface area contributed by atoms with Crippen LogP contribution >= 0.6 is 0 Å². The Morgan fingerprint density at radius 2 is 2.08 bits per heavy atom. The molecule has 0 aliphatic rings. The number of hydrogen-bond donors (Lipinski definition) is 0. The fourth-order valence-electron chi connectivity index (χ4n) is 2.53. The first-order chi connectivity index (χ1) is 12.6. The third-order valence-electron chi connectivity index (χ3n) is 3.78. The van der Waals surface area contributed by atoms with Crippen LogP contribution in [0.15, 0.2) is 24.4 Å². The Hall–Kier alpha value is -2.90. The summed E-state index contributed by atoms with van der Waals surface area (Å²) in [7, 11) is 1.45. The summed E-state index contributed by atoms with van der Waals surface area (Å²) in [4.78, 5) is 26.1. The van der Waals surface area contributed by atoms with E-state index in [4.69, 9.17) is 14.2 Å². The maximum atomic E-state index is 11.3. The second-order valence-electron chi connectivity index (χ2n) is 5.57. The molecule has 26 heavy (non-hydrogen) atoms. The van der Waals surface area contributed by atoms with Crippen molar-refractivity contribution in [2.45, 2.75) is 32.6 Å². The molecule has 8 heteroatoms. The highest BCUT2D eigenvalue weighted by Crippen LogP contribution is 2.34. The first-order valence-electron chi connectivity index (χ1n) is 8.46. The second-order valence-corrected chi connectivity index (χ2v) is 5.57. The van der Waals surface area contributed by atoms with E-state index in [0.717, 1.165) is 19.3 Å². The number of nitro benzene ring substituents is 1. The second kappa shape index (κ2) is 9.55. The Kier molecular flexibility index (Phi) is 7.13. The maximum Gasteiger partial charge on any atom is 0.305 e. The third-order valence-corrected chi connectivity index (χ3v) is 3.78. The average molecular weight is 362 g/mol. The number of non-ortho nitro benzene ring substituents is 1. The Labute approximate surface area is 151 Å². The zero-order valence-electron chi connectivity index (χ0n) is 14.9. The van der Waals surface area contributed by atoms with Gasteiger partial charge in [0.15, 0.2) is 5.52 Å². The fraction of sp³-hybridized carbons (Fsp3) is 0.444. The van der Waals surface area contributed by atoms with Crippen molar-refractivity contribution in [3.05, 3.63) is 34.5 Å². The van der Waals surface area contributed by atoms with Gasteiger partial charge in [-0.05, 0) is 38.3 Å². The summed E-state index contributed by atoms with van der Waals surface area (Å²) in [6.07, 6.45) is 4.20. The minimum Gasteiger partial charge on any atom is -0.496 e. The molecule has 2 rings (SSSR count). The molecule has 0 bridgehead atoms. The van der Waals surface area contributed by atoms with Crippen LogP contribution in [0.2, 0.25) is 0 Å². The Morgan fingerprint density at radius 3 is 2.77 bits per heavy atom. The lowest BCUT2D eigenvalue weighted by Crippen LogP contribution is -2.04. The van der Waals surface area contributed by atoms with Gasteiger partial charge in [-0.2, -0.15) is 0 Å². The number of pyridine rings is 1. The molecular weight excluding hydrogens is 340 g/mol. The van der Waals surface area contributed by atoms with Crippen LogP contribution < -0.4 is 9.47 Å². The molecule has 0 N–H and O–H groups in total. The number of nitro groups is 1. The summed E-state index contributed by atoms with van der Waals surface area (Å²) in [5, 5.41) is 11.8. The maximum absolute atomic E-state index is 11.3. The number of unbranched alkanes of at least 4 members (excludes halogenated alkanes) is 2. The minimum absolute atomic E-state index is 0.126. The summed E-state index contributed by atoms with van der Waals surface area (Å²) >= 11 is 0. The number of methoxy groups -OCH3 is 1. The summed E-state index contributed by atoms with van der Waals surface area (Å²) < 4.78 is 15.8. The van der Waals surface area contributed by atoms with Gasteiger partial charge in [-0.25, -0.2) is 4.98 Å². The van der Waals surface area contributed by atoms with E-state index >= 15 is 0 Å². The molecule has 0 atom stereocenters. The van der Waals surface area contributed by atoms with Crippen LogP contribution in [0, 0.1) is 10.1 Å². The minimum atomic E-state index is -0.489.